The lowest BCUT2D eigenvalue weighted by atomic mass is 9.93. The van der Waals surface area contributed by atoms with Gasteiger partial charge < -0.3 is 14.9 Å². The van der Waals surface area contributed by atoms with E-state index in [-0.39, 0.29) is 12.7 Å². The summed E-state index contributed by atoms with van der Waals surface area (Å²) in [5.41, 5.74) is 0.993. The fraction of sp³-hybridized carbons (Fsp3) is 0.625. The van der Waals surface area contributed by atoms with Crippen LogP contribution in [0.1, 0.15) is 44.1 Å². The Balaban J connectivity index is 2.01. The van der Waals surface area contributed by atoms with Crippen LogP contribution >= 0.6 is 11.6 Å². The molecule has 2 rings (SSSR count). The molecule has 0 radical (unpaired) electrons. The zero-order valence-electron chi connectivity index (χ0n) is 11.7. The lowest BCUT2D eigenvalue weighted by Gasteiger charge is -2.35. The molecule has 20 heavy (non-hydrogen) atoms. The second-order valence-corrected chi connectivity index (χ2v) is 5.96. The Morgan fingerprint density at radius 3 is 2.55 bits per heavy atom. The summed E-state index contributed by atoms with van der Waals surface area (Å²) >= 11 is 6.17. The molecule has 2 N–H and O–H groups in total. The molecular weight excluding hydrogens is 276 g/mol. The monoisotopic (exact) mass is 298 g/mol. The molecule has 0 unspecified atom stereocenters. The number of rotatable bonds is 6. The van der Waals surface area contributed by atoms with Crippen molar-refractivity contribution in [2.24, 2.45) is 0 Å². The third-order valence-corrected chi connectivity index (χ3v) is 4.25. The summed E-state index contributed by atoms with van der Waals surface area (Å²) in [4.78, 5) is 0. The van der Waals surface area contributed by atoms with Crippen molar-refractivity contribution >= 4 is 11.6 Å². The van der Waals surface area contributed by atoms with Crippen LogP contribution in [0, 0.1) is 0 Å². The van der Waals surface area contributed by atoms with Gasteiger partial charge in [-0.3, -0.25) is 0 Å². The summed E-state index contributed by atoms with van der Waals surface area (Å²) < 4.78 is 5.92. The van der Waals surface area contributed by atoms with E-state index >= 15 is 0 Å². The van der Waals surface area contributed by atoms with Gasteiger partial charge in [0.1, 0.15) is 0 Å². The molecule has 0 heterocycles. The third-order valence-electron chi connectivity index (χ3n) is 3.88. The smallest absolute Gasteiger partial charge is 0.165 e. The van der Waals surface area contributed by atoms with Crippen molar-refractivity contribution in [3.8, 4) is 0 Å². The van der Waals surface area contributed by atoms with E-state index in [0.717, 1.165) is 24.8 Å². The number of aliphatic hydroxyl groups excluding tert-OH is 1. The lowest BCUT2D eigenvalue weighted by Crippen LogP contribution is -2.39. The number of halogens is 1. The Hall–Kier alpha value is -0.610. The van der Waals surface area contributed by atoms with Crippen molar-refractivity contribution in [3.05, 3.63) is 34.9 Å². The number of benzene rings is 1. The summed E-state index contributed by atoms with van der Waals surface area (Å²) in [6.07, 6.45) is 5.41. The van der Waals surface area contributed by atoms with E-state index in [2.05, 4.69) is 0 Å². The van der Waals surface area contributed by atoms with Crippen LogP contribution in [-0.2, 0) is 11.2 Å². The first-order valence-corrected chi connectivity index (χ1v) is 7.75. The second-order valence-electron chi connectivity index (χ2n) is 5.55. The molecule has 1 fully saturated rings. The van der Waals surface area contributed by atoms with E-state index in [9.17, 15) is 10.2 Å². The van der Waals surface area contributed by atoms with Crippen LogP contribution in [0.25, 0.3) is 0 Å². The van der Waals surface area contributed by atoms with Gasteiger partial charge in [-0.15, -0.1) is 0 Å². The van der Waals surface area contributed by atoms with Gasteiger partial charge in [-0.1, -0.05) is 36.2 Å². The highest BCUT2D eigenvalue weighted by molar-refractivity contribution is 6.31. The van der Waals surface area contributed by atoms with E-state index in [1.807, 2.05) is 24.3 Å². The maximum atomic E-state index is 10.5. The van der Waals surface area contributed by atoms with E-state index < -0.39 is 5.79 Å². The molecule has 112 valence electrons. The quantitative estimate of drug-likeness (QED) is 0.792. The summed E-state index contributed by atoms with van der Waals surface area (Å²) in [6, 6.07) is 7.64. The van der Waals surface area contributed by atoms with Crippen LogP contribution < -0.4 is 0 Å². The molecular formula is C16H23ClO3. The first kappa shape index (κ1) is 15.8. The standard InChI is InChI=1S/C16H23ClO3/c17-15-7-3-2-6-13(15)12-14(8-11-18)20-16(19)9-4-1-5-10-16/h2-3,6-7,14,18-19H,1,4-5,8-12H2/t14-/m0/s1. The molecule has 1 atom stereocenters. The summed E-state index contributed by atoms with van der Waals surface area (Å²) in [5.74, 6) is -1.03. The van der Waals surface area contributed by atoms with E-state index in [4.69, 9.17) is 16.3 Å². The van der Waals surface area contributed by atoms with Gasteiger partial charge in [0.25, 0.3) is 0 Å². The average molecular weight is 299 g/mol. The summed E-state index contributed by atoms with van der Waals surface area (Å²) in [6.45, 7) is 0.0468. The molecule has 0 bridgehead atoms. The van der Waals surface area contributed by atoms with Gasteiger partial charge in [-0.2, -0.15) is 0 Å². The molecule has 4 heteroatoms. The molecule has 0 saturated heterocycles. The van der Waals surface area contributed by atoms with Crippen LogP contribution in [0.2, 0.25) is 5.02 Å². The lowest BCUT2D eigenvalue weighted by molar-refractivity contribution is -0.246. The molecule has 1 saturated carbocycles. The van der Waals surface area contributed by atoms with Gasteiger partial charge in [0.05, 0.1) is 6.10 Å². The highest BCUT2D eigenvalue weighted by Crippen LogP contribution is 2.31. The topological polar surface area (TPSA) is 49.7 Å². The first-order chi connectivity index (χ1) is 9.63. The fourth-order valence-electron chi connectivity index (χ4n) is 2.79. The maximum Gasteiger partial charge on any atom is 0.165 e. The van der Waals surface area contributed by atoms with Gasteiger partial charge in [-0.25, -0.2) is 0 Å². The van der Waals surface area contributed by atoms with Crippen LogP contribution in [0.3, 0.4) is 0 Å². The van der Waals surface area contributed by atoms with Crippen molar-refractivity contribution < 1.29 is 14.9 Å². The molecule has 1 aliphatic carbocycles. The van der Waals surface area contributed by atoms with Crippen molar-refractivity contribution in [1.82, 2.24) is 0 Å². The predicted molar refractivity (Wildman–Crippen MR) is 79.8 cm³/mol. The third kappa shape index (κ3) is 4.45. The van der Waals surface area contributed by atoms with Crippen LogP contribution in [-0.4, -0.2) is 28.7 Å². The van der Waals surface area contributed by atoms with Crippen LogP contribution in [0.5, 0.6) is 0 Å². The largest absolute Gasteiger partial charge is 0.396 e. The van der Waals surface area contributed by atoms with Gasteiger partial charge in [-0.05, 0) is 30.9 Å². The molecule has 3 nitrogen and oxygen atoms in total. The number of aliphatic hydroxyl groups is 2. The Bertz CT molecular complexity index is 416. The molecule has 1 aromatic carbocycles. The van der Waals surface area contributed by atoms with Gasteiger partial charge in [0, 0.05) is 30.9 Å². The molecule has 0 aromatic heterocycles. The van der Waals surface area contributed by atoms with Crippen molar-refractivity contribution in [2.45, 2.75) is 56.8 Å². The average Bonchev–Trinajstić information content (AvgIpc) is 2.42. The minimum absolute atomic E-state index is 0.0468. The summed E-state index contributed by atoms with van der Waals surface area (Å²) in [5, 5.41) is 20.4. The van der Waals surface area contributed by atoms with Gasteiger partial charge >= 0.3 is 0 Å². The highest BCUT2D eigenvalue weighted by Gasteiger charge is 2.33. The minimum Gasteiger partial charge on any atom is -0.396 e. The molecule has 0 spiro atoms. The highest BCUT2D eigenvalue weighted by atomic mass is 35.5. The molecule has 0 aliphatic heterocycles. The minimum atomic E-state index is -1.03. The van der Waals surface area contributed by atoms with Crippen LogP contribution in [0.4, 0.5) is 0 Å². The number of hydrogen-bond acceptors (Lipinski definition) is 3. The first-order valence-electron chi connectivity index (χ1n) is 7.37. The molecule has 0 amide bonds. The Labute approximate surface area is 125 Å². The predicted octanol–water partition coefficient (Wildman–Crippen LogP) is 3.30. The molecule has 1 aliphatic rings. The fourth-order valence-corrected chi connectivity index (χ4v) is 3.00. The molecule has 1 aromatic rings. The Morgan fingerprint density at radius 2 is 1.90 bits per heavy atom. The maximum absolute atomic E-state index is 10.5. The zero-order valence-corrected chi connectivity index (χ0v) is 12.5. The van der Waals surface area contributed by atoms with Crippen LogP contribution in [0.15, 0.2) is 24.3 Å². The van der Waals surface area contributed by atoms with E-state index in [1.165, 1.54) is 0 Å². The number of ether oxygens (including phenoxy) is 1. The van der Waals surface area contributed by atoms with E-state index in [0.29, 0.717) is 30.7 Å². The van der Waals surface area contributed by atoms with Crippen molar-refractivity contribution in [2.75, 3.05) is 6.61 Å². The van der Waals surface area contributed by atoms with E-state index in [1.54, 1.807) is 0 Å². The van der Waals surface area contributed by atoms with Gasteiger partial charge in [0.15, 0.2) is 5.79 Å². The zero-order chi connectivity index (χ0) is 14.4. The summed E-state index contributed by atoms with van der Waals surface area (Å²) in [7, 11) is 0. The second kappa shape index (κ2) is 7.41. The van der Waals surface area contributed by atoms with Gasteiger partial charge in [0.2, 0.25) is 0 Å². The van der Waals surface area contributed by atoms with Crippen molar-refractivity contribution in [1.29, 1.82) is 0 Å². The Morgan fingerprint density at radius 1 is 1.20 bits per heavy atom. The SMILES string of the molecule is OCC[C@@H](Cc1ccccc1Cl)OC1(O)CCCCC1. The number of hydrogen-bond donors (Lipinski definition) is 2. The Kier molecular flexibility index (Phi) is 5.85. The van der Waals surface area contributed by atoms with Crippen molar-refractivity contribution in [3.63, 3.8) is 0 Å². The normalized spacial score (nSPS) is 19.8.